The molecule has 28 heavy (non-hydrogen) atoms. The van der Waals surface area contributed by atoms with Crippen LogP contribution in [-0.2, 0) is 20.9 Å². The highest BCUT2D eigenvalue weighted by molar-refractivity contribution is 5.80. The quantitative estimate of drug-likeness (QED) is 0.544. The highest BCUT2D eigenvalue weighted by atomic mass is 19.4. The summed E-state index contributed by atoms with van der Waals surface area (Å²) in [6.45, 7) is -1.56. The van der Waals surface area contributed by atoms with E-state index in [1.165, 1.54) is 36.4 Å². The average molecular weight is 401 g/mol. The topological polar surface area (TPSA) is 73.9 Å². The van der Waals surface area contributed by atoms with Crippen LogP contribution in [0.15, 0.2) is 48.5 Å². The minimum absolute atomic E-state index is 0.0855. The zero-order valence-electron chi connectivity index (χ0n) is 14.3. The molecule has 2 rings (SSSR count). The van der Waals surface area contributed by atoms with Gasteiger partial charge < -0.3 is 19.5 Å². The van der Waals surface area contributed by atoms with E-state index in [1.807, 2.05) is 0 Å². The Morgan fingerprint density at radius 1 is 0.929 bits per heavy atom. The number of hydrogen-bond donors (Lipinski definition) is 1. The Kier molecular flexibility index (Phi) is 7.19. The third-order valence-corrected chi connectivity index (χ3v) is 3.22. The van der Waals surface area contributed by atoms with E-state index in [0.29, 0.717) is 0 Å². The lowest BCUT2D eigenvalue weighted by Crippen LogP contribution is -2.30. The molecule has 0 fully saturated rings. The zero-order chi connectivity index (χ0) is 20.6. The van der Waals surface area contributed by atoms with Gasteiger partial charge in [0.25, 0.3) is 5.91 Å². The molecule has 6 nitrogen and oxygen atoms in total. The fourth-order valence-corrected chi connectivity index (χ4v) is 2.01. The van der Waals surface area contributed by atoms with Gasteiger partial charge in [-0.15, -0.1) is 13.2 Å². The number of amides is 1. The van der Waals surface area contributed by atoms with E-state index in [9.17, 15) is 27.2 Å². The second-order valence-electron chi connectivity index (χ2n) is 5.31. The van der Waals surface area contributed by atoms with E-state index < -0.39 is 43.0 Å². The van der Waals surface area contributed by atoms with Crippen molar-refractivity contribution < 1.29 is 41.4 Å². The molecule has 0 saturated heterocycles. The Labute approximate surface area is 157 Å². The minimum atomic E-state index is -4.87. The molecule has 0 aliphatic carbocycles. The third kappa shape index (κ3) is 7.14. The van der Waals surface area contributed by atoms with Crippen LogP contribution in [0.25, 0.3) is 0 Å². The summed E-state index contributed by atoms with van der Waals surface area (Å²) in [6.07, 6.45) is -4.87. The molecule has 0 atom stereocenters. The molecule has 150 valence electrons. The number of alkyl halides is 3. The summed E-state index contributed by atoms with van der Waals surface area (Å²) in [7, 11) is 0. The molecule has 1 N–H and O–H groups in total. The summed E-state index contributed by atoms with van der Waals surface area (Å²) < 4.78 is 63.8. The van der Waals surface area contributed by atoms with Crippen LogP contribution in [0.2, 0.25) is 0 Å². The van der Waals surface area contributed by atoms with E-state index in [0.717, 1.165) is 12.1 Å². The number of nitrogens with one attached hydrogen (secondary N) is 1. The van der Waals surface area contributed by atoms with Crippen LogP contribution in [0.1, 0.15) is 5.56 Å². The van der Waals surface area contributed by atoms with Crippen molar-refractivity contribution >= 4 is 11.9 Å². The molecule has 0 bridgehead atoms. The second kappa shape index (κ2) is 9.58. The molecule has 0 radical (unpaired) electrons. The first-order valence-corrected chi connectivity index (χ1v) is 7.88. The molecule has 2 aromatic rings. The summed E-state index contributed by atoms with van der Waals surface area (Å²) >= 11 is 0. The number of rotatable bonds is 8. The molecule has 0 saturated carbocycles. The molecule has 0 unspecified atom stereocenters. The maximum absolute atomic E-state index is 13.3. The SMILES string of the molecule is O=C(COC(=O)COc1ccccc1F)NCc1ccccc1OC(F)(F)F. The fraction of sp³-hybridized carbons (Fsp3) is 0.222. The first-order valence-electron chi connectivity index (χ1n) is 7.88. The van der Waals surface area contributed by atoms with Gasteiger partial charge in [0.15, 0.2) is 24.8 Å². The summed E-state index contributed by atoms with van der Waals surface area (Å²) in [5, 5.41) is 2.30. The van der Waals surface area contributed by atoms with Gasteiger partial charge in [0, 0.05) is 12.1 Å². The highest BCUT2D eigenvalue weighted by Crippen LogP contribution is 2.26. The molecule has 0 aliphatic heterocycles. The Hall–Kier alpha value is -3.30. The summed E-state index contributed by atoms with van der Waals surface area (Å²) in [5.74, 6) is -2.93. The third-order valence-electron chi connectivity index (χ3n) is 3.22. The molecule has 10 heteroatoms. The predicted octanol–water partition coefficient (Wildman–Crippen LogP) is 2.96. The number of halogens is 4. The minimum Gasteiger partial charge on any atom is -0.479 e. The fourth-order valence-electron chi connectivity index (χ4n) is 2.01. The lowest BCUT2D eigenvalue weighted by molar-refractivity contribution is -0.274. The van der Waals surface area contributed by atoms with Gasteiger partial charge in [0.05, 0.1) is 0 Å². The Morgan fingerprint density at radius 2 is 1.57 bits per heavy atom. The smallest absolute Gasteiger partial charge is 0.479 e. The van der Waals surface area contributed by atoms with Gasteiger partial charge >= 0.3 is 12.3 Å². The molecule has 1 amide bonds. The number of benzene rings is 2. The van der Waals surface area contributed by atoms with E-state index >= 15 is 0 Å². The Bertz CT molecular complexity index is 826. The standard InChI is InChI=1S/C18H15F4NO5/c19-13-6-2-4-8-15(13)26-11-17(25)27-10-16(24)23-9-12-5-1-3-7-14(12)28-18(20,21)22/h1-8H,9-11H2,(H,23,24). The van der Waals surface area contributed by atoms with Gasteiger partial charge in [0.1, 0.15) is 5.75 Å². The van der Waals surface area contributed by atoms with Crippen LogP contribution in [-0.4, -0.2) is 31.5 Å². The van der Waals surface area contributed by atoms with Crippen LogP contribution >= 0.6 is 0 Å². The van der Waals surface area contributed by atoms with Crippen molar-refractivity contribution in [1.29, 1.82) is 0 Å². The lowest BCUT2D eigenvalue weighted by atomic mass is 10.2. The maximum Gasteiger partial charge on any atom is 0.573 e. The van der Waals surface area contributed by atoms with Gasteiger partial charge in [-0.3, -0.25) is 4.79 Å². The van der Waals surface area contributed by atoms with Gasteiger partial charge in [-0.1, -0.05) is 30.3 Å². The lowest BCUT2D eigenvalue weighted by Gasteiger charge is -2.13. The average Bonchev–Trinajstić information content (AvgIpc) is 2.64. The number of para-hydroxylation sites is 2. The van der Waals surface area contributed by atoms with E-state index in [4.69, 9.17) is 4.74 Å². The highest BCUT2D eigenvalue weighted by Gasteiger charge is 2.32. The van der Waals surface area contributed by atoms with Crippen molar-refractivity contribution in [2.45, 2.75) is 12.9 Å². The van der Waals surface area contributed by atoms with E-state index in [1.54, 1.807) is 0 Å². The molecule has 0 aliphatic rings. The monoisotopic (exact) mass is 401 g/mol. The number of carbonyl (C=O) groups is 2. The van der Waals surface area contributed by atoms with Gasteiger partial charge in [-0.2, -0.15) is 0 Å². The van der Waals surface area contributed by atoms with Crippen LogP contribution in [0.3, 0.4) is 0 Å². The van der Waals surface area contributed by atoms with Crippen molar-refractivity contribution in [1.82, 2.24) is 5.32 Å². The van der Waals surface area contributed by atoms with Gasteiger partial charge in [-0.05, 0) is 18.2 Å². The van der Waals surface area contributed by atoms with Crippen LogP contribution in [0, 0.1) is 5.82 Å². The normalized spacial score (nSPS) is 10.9. The maximum atomic E-state index is 13.3. The molecule has 0 aromatic heterocycles. The van der Waals surface area contributed by atoms with E-state index in [-0.39, 0.29) is 17.9 Å². The summed E-state index contributed by atoms with van der Waals surface area (Å²) in [5.41, 5.74) is 0.0855. The largest absolute Gasteiger partial charge is 0.573 e. The first kappa shape index (κ1) is 21.0. The molecule has 0 heterocycles. The predicted molar refractivity (Wildman–Crippen MR) is 87.8 cm³/mol. The Balaban J connectivity index is 1.76. The van der Waals surface area contributed by atoms with Crippen molar-refractivity contribution in [3.05, 3.63) is 59.9 Å². The zero-order valence-corrected chi connectivity index (χ0v) is 14.3. The number of esters is 1. The molecule has 2 aromatic carbocycles. The van der Waals surface area contributed by atoms with Crippen LogP contribution < -0.4 is 14.8 Å². The molecular weight excluding hydrogens is 386 g/mol. The molecular formula is C18H15F4NO5. The molecule has 0 spiro atoms. The Morgan fingerprint density at radius 3 is 2.25 bits per heavy atom. The van der Waals surface area contributed by atoms with Gasteiger partial charge in [-0.25, -0.2) is 9.18 Å². The van der Waals surface area contributed by atoms with Crippen molar-refractivity contribution in [2.75, 3.05) is 13.2 Å². The number of ether oxygens (including phenoxy) is 3. The van der Waals surface area contributed by atoms with Gasteiger partial charge in [0.2, 0.25) is 0 Å². The van der Waals surface area contributed by atoms with Crippen molar-refractivity contribution in [3.8, 4) is 11.5 Å². The van der Waals surface area contributed by atoms with E-state index in [2.05, 4.69) is 14.8 Å². The van der Waals surface area contributed by atoms with Crippen molar-refractivity contribution in [2.24, 2.45) is 0 Å². The number of carbonyl (C=O) groups excluding carboxylic acids is 2. The second-order valence-corrected chi connectivity index (χ2v) is 5.31. The van der Waals surface area contributed by atoms with Crippen LogP contribution in [0.5, 0.6) is 11.5 Å². The van der Waals surface area contributed by atoms with Crippen LogP contribution in [0.4, 0.5) is 17.6 Å². The summed E-state index contributed by atoms with van der Waals surface area (Å²) in [4.78, 5) is 23.2. The number of hydrogen-bond acceptors (Lipinski definition) is 5. The summed E-state index contributed by atoms with van der Waals surface area (Å²) in [6, 6.07) is 10.7. The first-order chi connectivity index (χ1) is 13.2. The van der Waals surface area contributed by atoms with Crippen molar-refractivity contribution in [3.63, 3.8) is 0 Å².